The van der Waals surface area contributed by atoms with Crippen molar-refractivity contribution in [2.45, 2.75) is 4.90 Å². The molecule has 0 unspecified atom stereocenters. The third kappa shape index (κ3) is 4.07. The summed E-state index contributed by atoms with van der Waals surface area (Å²) < 4.78 is 40.5. The number of hydrogen-bond acceptors (Lipinski definition) is 6. The second-order valence-corrected chi connectivity index (χ2v) is 9.68. The SMILES string of the molecule is O=C(O)c1cnc(N2CCN(S(=O)(=O)c3ccc(-c4ccc(F)cc4)cc3)CC2)s1. The number of aromatic nitrogens is 1. The van der Waals surface area contributed by atoms with Gasteiger partial charge in [-0.2, -0.15) is 4.31 Å². The lowest BCUT2D eigenvalue weighted by Gasteiger charge is -2.33. The van der Waals surface area contributed by atoms with Crippen molar-refractivity contribution in [3.05, 3.63) is 65.4 Å². The molecule has 0 radical (unpaired) electrons. The molecule has 0 bridgehead atoms. The number of halogens is 1. The molecule has 156 valence electrons. The molecule has 0 amide bonds. The molecule has 0 aliphatic carbocycles. The number of anilines is 1. The van der Waals surface area contributed by atoms with Crippen LogP contribution in [0, 0.1) is 5.82 Å². The average Bonchev–Trinajstić information content (AvgIpc) is 3.25. The van der Waals surface area contributed by atoms with E-state index in [0.717, 1.165) is 22.5 Å². The molecule has 4 rings (SSSR count). The van der Waals surface area contributed by atoms with Gasteiger partial charge in [-0.05, 0) is 35.4 Å². The summed E-state index contributed by atoms with van der Waals surface area (Å²) in [6.45, 7) is 1.42. The van der Waals surface area contributed by atoms with E-state index in [-0.39, 0.29) is 28.7 Å². The minimum Gasteiger partial charge on any atom is -0.477 e. The second-order valence-electron chi connectivity index (χ2n) is 6.73. The molecule has 1 aliphatic heterocycles. The van der Waals surface area contributed by atoms with Crippen LogP contribution in [-0.2, 0) is 10.0 Å². The minimum absolute atomic E-state index is 0.154. The molecule has 1 aromatic heterocycles. The first kappa shape index (κ1) is 20.5. The predicted octanol–water partition coefficient (Wildman–Crippen LogP) is 3.16. The first-order chi connectivity index (χ1) is 14.3. The molecule has 10 heteroatoms. The van der Waals surface area contributed by atoms with Gasteiger partial charge in [-0.1, -0.05) is 35.6 Å². The van der Waals surface area contributed by atoms with Crippen molar-refractivity contribution in [1.29, 1.82) is 0 Å². The van der Waals surface area contributed by atoms with Crippen molar-refractivity contribution < 1.29 is 22.7 Å². The van der Waals surface area contributed by atoms with E-state index in [1.807, 2.05) is 4.90 Å². The van der Waals surface area contributed by atoms with Crippen LogP contribution in [0.5, 0.6) is 0 Å². The highest BCUT2D eigenvalue weighted by atomic mass is 32.2. The molecule has 30 heavy (non-hydrogen) atoms. The van der Waals surface area contributed by atoms with Crippen molar-refractivity contribution in [3.8, 4) is 11.1 Å². The number of hydrogen-bond donors (Lipinski definition) is 1. The van der Waals surface area contributed by atoms with Crippen LogP contribution in [0.4, 0.5) is 9.52 Å². The third-order valence-electron chi connectivity index (χ3n) is 4.88. The van der Waals surface area contributed by atoms with E-state index in [0.29, 0.717) is 18.2 Å². The Labute approximate surface area is 177 Å². The highest BCUT2D eigenvalue weighted by molar-refractivity contribution is 7.89. The second kappa shape index (κ2) is 8.13. The Morgan fingerprint density at radius 2 is 1.53 bits per heavy atom. The Morgan fingerprint density at radius 3 is 2.07 bits per heavy atom. The van der Waals surface area contributed by atoms with Gasteiger partial charge < -0.3 is 10.0 Å². The van der Waals surface area contributed by atoms with Gasteiger partial charge in [0.1, 0.15) is 10.7 Å². The van der Waals surface area contributed by atoms with E-state index < -0.39 is 16.0 Å². The van der Waals surface area contributed by atoms with Gasteiger partial charge in [-0.25, -0.2) is 22.6 Å². The van der Waals surface area contributed by atoms with Crippen LogP contribution in [0.15, 0.2) is 59.6 Å². The van der Waals surface area contributed by atoms with Crippen LogP contribution in [0.25, 0.3) is 11.1 Å². The van der Waals surface area contributed by atoms with E-state index in [2.05, 4.69) is 4.98 Å². The monoisotopic (exact) mass is 447 g/mol. The van der Waals surface area contributed by atoms with Crippen LogP contribution >= 0.6 is 11.3 Å². The normalized spacial score (nSPS) is 15.3. The summed E-state index contributed by atoms with van der Waals surface area (Å²) in [6.07, 6.45) is 1.31. The number of rotatable bonds is 5. The van der Waals surface area contributed by atoms with Crippen molar-refractivity contribution in [2.75, 3.05) is 31.1 Å². The lowest BCUT2D eigenvalue weighted by molar-refractivity contribution is 0.0702. The Morgan fingerprint density at radius 1 is 0.967 bits per heavy atom. The summed E-state index contributed by atoms with van der Waals surface area (Å²) in [4.78, 5) is 17.4. The standard InChI is InChI=1S/C20H18FN3O4S2/c21-16-5-1-14(2-6-16)15-3-7-17(8-4-15)30(27,28)24-11-9-23(10-12-24)20-22-13-18(29-20)19(25)26/h1-8,13H,9-12H2,(H,25,26). The fraction of sp³-hybridized carbons (Fsp3) is 0.200. The number of sulfonamides is 1. The average molecular weight is 448 g/mol. The van der Waals surface area contributed by atoms with E-state index in [4.69, 9.17) is 5.11 Å². The zero-order chi connectivity index (χ0) is 21.3. The summed E-state index contributed by atoms with van der Waals surface area (Å²) in [5.41, 5.74) is 1.61. The Hall–Kier alpha value is -2.82. The maximum Gasteiger partial charge on any atom is 0.347 e. The van der Waals surface area contributed by atoms with Gasteiger partial charge >= 0.3 is 5.97 Å². The molecule has 1 fully saturated rings. The number of carbonyl (C=O) groups is 1. The molecule has 7 nitrogen and oxygen atoms in total. The summed E-state index contributed by atoms with van der Waals surface area (Å²) in [7, 11) is -3.65. The maximum absolute atomic E-state index is 13.1. The molecule has 3 aromatic rings. The number of carboxylic acids is 1. The number of nitrogens with zero attached hydrogens (tertiary/aromatic N) is 3. The van der Waals surface area contributed by atoms with Crippen LogP contribution in [0.1, 0.15) is 9.67 Å². The fourth-order valence-electron chi connectivity index (χ4n) is 3.24. The van der Waals surface area contributed by atoms with Gasteiger partial charge in [0.25, 0.3) is 0 Å². The van der Waals surface area contributed by atoms with E-state index in [1.165, 1.54) is 22.6 Å². The number of carboxylic acid groups (broad SMARTS) is 1. The molecular formula is C20H18FN3O4S2. The molecule has 0 atom stereocenters. The quantitative estimate of drug-likeness (QED) is 0.646. The Kier molecular flexibility index (Phi) is 5.54. The van der Waals surface area contributed by atoms with Gasteiger partial charge in [0.05, 0.1) is 11.1 Å². The molecule has 0 saturated carbocycles. The van der Waals surface area contributed by atoms with Crippen molar-refractivity contribution >= 4 is 32.5 Å². The van der Waals surface area contributed by atoms with Gasteiger partial charge in [0.15, 0.2) is 5.13 Å². The third-order valence-corrected chi connectivity index (χ3v) is 7.84. The zero-order valence-corrected chi connectivity index (χ0v) is 17.4. The van der Waals surface area contributed by atoms with Gasteiger partial charge in [-0.15, -0.1) is 0 Å². The van der Waals surface area contributed by atoms with E-state index in [9.17, 15) is 17.6 Å². The number of piperazine rings is 1. The largest absolute Gasteiger partial charge is 0.477 e. The topological polar surface area (TPSA) is 90.8 Å². The lowest BCUT2D eigenvalue weighted by atomic mass is 10.1. The zero-order valence-electron chi connectivity index (χ0n) is 15.7. The van der Waals surface area contributed by atoms with Crippen LogP contribution in [-0.4, -0.2) is 55.0 Å². The fourth-order valence-corrected chi connectivity index (χ4v) is 5.47. The summed E-state index contributed by atoms with van der Waals surface area (Å²) >= 11 is 1.08. The van der Waals surface area contributed by atoms with Crippen LogP contribution in [0.2, 0.25) is 0 Å². The number of benzene rings is 2. The van der Waals surface area contributed by atoms with E-state index in [1.54, 1.807) is 36.4 Å². The summed E-state index contributed by atoms with van der Waals surface area (Å²) in [6, 6.07) is 12.5. The molecule has 1 N–H and O–H groups in total. The molecule has 1 saturated heterocycles. The number of aromatic carboxylic acids is 1. The molecule has 2 heterocycles. The van der Waals surface area contributed by atoms with Gasteiger partial charge in [-0.3, -0.25) is 0 Å². The van der Waals surface area contributed by atoms with Crippen molar-refractivity contribution in [3.63, 3.8) is 0 Å². The molecular weight excluding hydrogens is 429 g/mol. The van der Waals surface area contributed by atoms with E-state index >= 15 is 0 Å². The summed E-state index contributed by atoms with van der Waals surface area (Å²) in [5, 5.41) is 9.60. The molecule has 0 spiro atoms. The van der Waals surface area contributed by atoms with Crippen LogP contribution in [0.3, 0.4) is 0 Å². The van der Waals surface area contributed by atoms with Crippen LogP contribution < -0.4 is 4.90 Å². The molecule has 1 aliphatic rings. The Balaban J connectivity index is 1.45. The van der Waals surface area contributed by atoms with Crippen molar-refractivity contribution in [2.24, 2.45) is 0 Å². The van der Waals surface area contributed by atoms with Gasteiger partial charge in [0.2, 0.25) is 10.0 Å². The highest BCUT2D eigenvalue weighted by Crippen LogP contribution is 2.27. The predicted molar refractivity (Wildman–Crippen MR) is 112 cm³/mol. The first-order valence-corrected chi connectivity index (χ1v) is 11.4. The Bertz CT molecular complexity index is 1150. The summed E-state index contributed by atoms with van der Waals surface area (Å²) in [5.74, 6) is -1.35. The number of thiazole rings is 1. The van der Waals surface area contributed by atoms with Crippen molar-refractivity contribution in [1.82, 2.24) is 9.29 Å². The maximum atomic E-state index is 13.1. The first-order valence-electron chi connectivity index (χ1n) is 9.15. The lowest BCUT2D eigenvalue weighted by Crippen LogP contribution is -2.48. The minimum atomic E-state index is -3.65. The highest BCUT2D eigenvalue weighted by Gasteiger charge is 2.29. The molecule has 2 aromatic carbocycles. The van der Waals surface area contributed by atoms with Gasteiger partial charge in [0, 0.05) is 26.2 Å². The smallest absolute Gasteiger partial charge is 0.347 e.